The highest BCUT2D eigenvalue weighted by atomic mass is 16.4. The average Bonchev–Trinajstić information content (AvgIpc) is 2.37. The van der Waals surface area contributed by atoms with E-state index < -0.39 is 5.97 Å². The van der Waals surface area contributed by atoms with Crippen LogP contribution in [0.2, 0.25) is 0 Å². The van der Waals surface area contributed by atoms with Crippen molar-refractivity contribution in [3.05, 3.63) is 35.4 Å². The van der Waals surface area contributed by atoms with Crippen LogP contribution in [-0.2, 0) is 0 Å². The summed E-state index contributed by atoms with van der Waals surface area (Å²) in [5.74, 6) is -0.870. The molecule has 20 heavy (non-hydrogen) atoms. The SMILES string of the molecule is CCCCN1c2ccc(C(=O)O)cc2C(C)=CC1(C)C. The van der Waals surface area contributed by atoms with Crippen LogP contribution in [0.5, 0.6) is 0 Å². The molecule has 0 aromatic heterocycles. The molecular formula is C17H23NO2. The van der Waals surface area contributed by atoms with Crippen LogP contribution in [0.25, 0.3) is 5.57 Å². The fourth-order valence-corrected chi connectivity index (χ4v) is 2.94. The van der Waals surface area contributed by atoms with E-state index in [1.165, 1.54) is 0 Å². The summed E-state index contributed by atoms with van der Waals surface area (Å²) >= 11 is 0. The molecule has 0 bridgehead atoms. The van der Waals surface area contributed by atoms with Gasteiger partial charge in [-0.25, -0.2) is 4.79 Å². The van der Waals surface area contributed by atoms with E-state index in [9.17, 15) is 4.79 Å². The molecule has 1 heterocycles. The van der Waals surface area contributed by atoms with Gasteiger partial charge in [-0.2, -0.15) is 0 Å². The normalized spacial score (nSPS) is 16.6. The predicted molar refractivity (Wildman–Crippen MR) is 83.4 cm³/mol. The summed E-state index contributed by atoms with van der Waals surface area (Å²) in [7, 11) is 0. The minimum absolute atomic E-state index is 0.0308. The monoisotopic (exact) mass is 273 g/mol. The third-order valence-corrected chi connectivity index (χ3v) is 3.96. The molecule has 0 saturated heterocycles. The number of carboxylic acids is 1. The third-order valence-electron chi connectivity index (χ3n) is 3.96. The fourth-order valence-electron chi connectivity index (χ4n) is 2.94. The lowest BCUT2D eigenvalue weighted by Crippen LogP contribution is -2.45. The zero-order valence-electron chi connectivity index (χ0n) is 12.7. The largest absolute Gasteiger partial charge is 0.478 e. The Morgan fingerprint density at radius 1 is 1.35 bits per heavy atom. The number of hydrogen-bond donors (Lipinski definition) is 1. The van der Waals surface area contributed by atoms with E-state index in [0.717, 1.165) is 36.2 Å². The smallest absolute Gasteiger partial charge is 0.335 e. The zero-order chi connectivity index (χ0) is 14.9. The van der Waals surface area contributed by atoms with Gasteiger partial charge in [0.25, 0.3) is 0 Å². The summed E-state index contributed by atoms with van der Waals surface area (Å²) in [5, 5.41) is 9.15. The Kier molecular flexibility index (Phi) is 3.89. The van der Waals surface area contributed by atoms with E-state index in [0.29, 0.717) is 5.56 Å². The molecule has 1 aromatic carbocycles. The molecule has 0 amide bonds. The highest BCUT2D eigenvalue weighted by Gasteiger charge is 2.31. The number of carbonyl (C=O) groups is 1. The molecule has 1 N–H and O–H groups in total. The second-order valence-corrected chi connectivity index (χ2v) is 6.02. The van der Waals surface area contributed by atoms with Gasteiger partial charge in [-0.05, 0) is 51.0 Å². The molecule has 0 atom stereocenters. The molecule has 0 radical (unpaired) electrons. The van der Waals surface area contributed by atoms with Gasteiger partial charge in [0.2, 0.25) is 0 Å². The van der Waals surface area contributed by atoms with Crippen molar-refractivity contribution in [3.63, 3.8) is 0 Å². The quantitative estimate of drug-likeness (QED) is 0.894. The standard InChI is InChI=1S/C17H23NO2/c1-5-6-9-18-15-8-7-13(16(19)20)10-14(15)12(2)11-17(18,3)4/h7-8,10-11H,5-6,9H2,1-4H3,(H,19,20). The van der Waals surface area contributed by atoms with Crippen molar-refractivity contribution in [1.82, 2.24) is 0 Å². The van der Waals surface area contributed by atoms with Gasteiger partial charge in [-0.1, -0.05) is 19.4 Å². The Labute approximate surface area is 120 Å². The van der Waals surface area contributed by atoms with Crippen LogP contribution in [-0.4, -0.2) is 23.2 Å². The average molecular weight is 273 g/mol. The summed E-state index contributed by atoms with van der Waals surface area (Å²) in [6.07, 6.45) is 4.52. The maximum absolute atomic E-state index is 11.1. The molecule has 0 fully saturated rings. The molecular weight excluding hydrogens is 250 g/mol. The Balaban J connectivity index is 2.50. The van der Waals surface area contributed by atoms with Gasteiger partial charge in [0.05, 0.1) is 11.1 Å². The number of hydrogen-bond acceptors (Lipinski definition) is 2. The molecule has 0 aliphatic carbocycles. The lowest BCUT2D eigenvalue weighted by atomic mass is 9.87. The second-order valence-electron chi connectivity index (χ2n) is 6.02. The number of nitrogens with zero attached hydrogens (tertiary/aromatic N) is 1. The highest BCUT2D eigenvalue weighted by molar-refractivity contribution is 5.92. The van der Waals surface area contributed by atoms with Crippen LogP contribution in [0.3, 0.4) is 0 Å². The van der Waals surface area contributed by atoms with Crippen molar-refractivity contribution in [2.24, 2.45) is 0 Å². The van der Waals surface area contributed by atoms with Gasteiger partial charge in [-0.15, -0.1) is 0 Å². The molecule has 0 spiro atoms. The van der Waals surface area contributed by atoms with Crippen molar-refractivity contribution < 1.29 is 9.90 Å². The summed E-state index contributed by atoms with van der Waals surface area (Å²) < 4.78 is 0. The summed E-state index contributed by atoms with van der Waals surface area (Å²) in [5.41, 5.74) is 3.66. The fraction of sp³-hybridized carbons (Fsp3) is 0.471. The van der Waals surface area contributed by atoms with Crippen LogP contribution < -0.4 is 4.90 Å². The summed E-state index contributed by atoms with van der Waals surface area (Å²) in [6, 6.07) is 5.44. The number of rotatable bonds is 4. The maximum Gasteiger partial charge on any atom is 0.335 e. The number of aromatic carboxylic acids is 1. The van der Waals surface area contributed by atoms with E-state index >= 15 is 0 Å². The summed E-state index contributed by atoms with van der Waals surface area (Å²) in [4.78, 5) is 13.5. The zero-order valence-corrected chi connectivity index (χ0v) is 12.7. The van der Waals surface area contributed by atoms with Crippen LogP contribution in [0.1, 0.15) is 56.5 Å². The van der Waals surface area contributed by atoms with Gasteiger partial charge in [0.1, 0.15) is 0 Å². The van der Waals surface area contributed by atoms with Crippen LogP contribution in [0.4, 0.5) is 5.69 Å². The molecule has 0 saturated carbocycles. The van der Waals surface area contributed by atoms with E-state index in [4.69, 9.17) is 5.11 Å². The first-order chi connectivity index (χ1) is 9.36. The van der Waals surface area contributed by atoms with Crippen molar-refractivity contribution in [3.8, 4) is 0 Å². The topological polar surface area (TPSA) is 40.5 Å². The summed E-state index contributed by atoms with van der Waals surface area (Å²) in [6.45, 7) is 9.66. The van der Waals surface area contributed by atoms with Gasteiger partial charge in [-0.3, -0.25) is 0 Å². The van der Waals surface area contributed by atoms with Crippen molar-refractivity contribution in [2.45, 2.75) is 46.1 Å². The van der Waals surface area contributed by atoms with Gasteiger partial charge >= 0.3 is 5.97 Å². The van der Waals surface area contributed by atoms with Crippen LogP contribution in [0.15, 0.2) is 24.3 Å². The molecule has 1 aliphatic heterocycles. The van der Waals surface area contributed by atoms with Gasteiger partial charge in [0, 0.05) is 17.8 Å². The number of allylic oxidation sites excluding steroid dienone is 1. The van der Waals surface area contributed by atoms with Gasteiger partial charge in [0.15, 0.2) is 0 Å². The van der Waals surface area contributed by atoms with Gasteiger partial charge < -0.3 is 10.0 Å². The number of unbranched alkanes of at least 4 members (excludes halogenated alkanes) is 1. The van der Waals surface area contributed by atoms with Crippen LogP contribution in [0, 0.1) is 0 Å². The Bertz CT molecular complexity index is 558. The van der Waals surface area contributed by atoms with Crippen molar-refractivity contribution in [2.75, 3.05) is 11.4 Å². The van der Waals surface area contributed by atoms with E-state index in [-0.39, 0.29) is 5.54 Å². The Morgan fingerprint density at radius 3 is 2.65 bits per heavy atom. The highest BCUT2D eigenvalue weighted by Crippen LogP contribution is 2.39. The predicted octanol–water partition coefficient (Wildman–Crippen LogP) is 4.19. The van der Waals surface area contributed by atoms with E-state index in [1.54, 1.807) is 12.1 Å². The lowest BCUT2D eigenvalue weighted by molar-refractivity contribution is 0.0697. The third kappa shape index (κ3) is 2.58. The molecule has 3 nitrogen and oxygen atoms in total. The number of fused-ring (bicyclic) bond motifs is 1. The minimum atomic E-state index is -0.870. The molecule has 1 aliphatic rings. The van der Waals surface area contributed by atoms with Crippen LogP contribution >= 0.6 is 0 Å². The Hall–Kier alpha value is -1.77. The molecule has 2 rings (SSSR count). The lowest BCUT2D eigenvalue weighted by Gasteiger charge is -2.43. The first-order valence-corrected chi connectivity index (χ1v) is 7.21. The first-order valence-electron chi connectivity index (χ1n) is 7.21. The van der Waals surface area contributed by atoms with Crippen molar-refractivity contribution >= 4 is 17.2 Å². The number of anilines is 1. The molecule has 0 unspecified atom stereocenters. The van der Waals surface area contributed by atoms with E-state index in [1.807, 2.05) is 6.07 Å². The Morgan fingerprint density at radius 2 is 2.05 bits per heavy atom. The molecule has 1 aromatic rings. The molecule has 3 heteroatoms. The van der Waals surface area contributed by atoms with Crippen molar-refractivity contribution in [1.29, 1.82) is 0 Å². The number of carboxylic acid groups (broad SMARTS) is 1. The number of benzene rings is 1. The first kappa shape index (κ1) is 14.6. The molecule has 108 valence electrons. The second kappa shape index (κ2) is 5.31. The minimum Gasteiger partial charge on any atom is -0.478 e. The maximum atomic E-state index is 11.1. The van der Waals surface area contributed by atoms with E-state index in [2.05, 4.69) is 38.7 Å².